The fraction of sp³-hybridized carbons (Fsp3) is 0.619. The summed E-state index contributed by atoms with van der Waals surface area (Å²) in [6, 6.07) is 9.07. The van der Waals surface area contributed by atoms with Gasteiger partial charge in [-0.3, -0.25) is 9.79 Å². The predicted octanol–water partition coefficient (Wildman–Crippen LogP) is 2.91. The summed E-state index contributed by atoms with van der Waals surface area (Å²) in [5, 5.41) is 9.77. The Morgan fingerprint density at radius 1 is 1.21 bits per heavy atom. The topological polar surface area (TPSA) is 68.8 Å². The van der Waals surface area contributed by atoms with E-state index in [-0.39, 0.29) is 35.3 Å². The summed E-state index contributed by atoms with van der Waals surface area (Å²) in [7, 11) is 0. The van der Waals surface area contributed by atoms with E-state index >= 15 is 0 Å². The SMILES string of the molecule is CCNC(=NCCNC(=O)C(C)(C)C)NC1CCN(c2ccc(C)cc2)C1.I. The third-order valence-electron chi connectivity index (χ3n) is 4.62. The number of nitrogens with one attached hydrogen (secondary N) is 3. The van der Waals surface area contributed by atoms with Gasteiger partial charge in [-0.2, -0.15) is 0 Å². The van der Waals surface area contributed by atoms with E-state index in [1.807, 2.05) is 20.8 Å². The molecular weight excluding hydrogens is 465 g/mol. The highest BCUT2D eigenvalue weighted by Gasteiger charge is 2.23. The van der Waals surface area contributed by atoms with Crippen molar-refractivity contribution in [3.05, 3.63) is 29.8 Å². The van der Waals surface area contributed by atoms with Crippen LogP contribution in [0.1, 0.15) is 39.7 Å². The Hall–Kier alpha value is -1.51. The second-order valence-corrected chi connectivity index (χ2v) is 8.18. The molecule has 1 fully saturated rings. The van der Waals surface area contributed by atoms with Crippen LogP contribution in [-0.4, -0.2) is 50.6 Å². The van der Waals surface area contributed by atoms with Crippen LogP contribution < -0.4 is 20.9 Å². The number of aryl methyl sites for hydroxylation is 1. The summed E-state index contributed by atoms with van der Waals surface area (Å²) in [5.74, 6) is 0.874. The molecule has 0 spiro atoms. The third-order valence-corrected chi connectivity index (χ3v) is 4.62. The summed E-state index contributed by atoms with van der Waals surface area (Å²) in [4.78, 5) is 18.9. The van der Waals surface area contributed by atoms with Gasteiger partial charge in [0.15, 0.2) is 5.96 Å². The van der Waals surface area contributed by atoms with Crippen molar-refractivity contribution < 1.29 is 4.79 Å². The van der Waals surface area contributed by atoms with Crippen LogP contribution >= 0.6 is 24.0 Å². The Bertz CT molecular complexity index is 639. The zero-order valence-electron chi connectivity index (χ0n) is 17.8. The molecule has 1 amide bonds. The number of benzene rings is 1. The first-order valence-corrected chi connectivity index (χ1v) is 9.94. The van der Waals surface area contributed by atoms with Gasteiger partial charge in [-0.1, -0.05) is 38.5 Å². The van der Waals surface area contributed by atoms with Crippen molar-refractivity contribution in [2.75, 3.05) is 37.6 Å². The molecule has 3 N–H and O–H groups in total. The second-order valence-electron chi connectivity index (χ2n) is 8.18. The molecule has 2 rings (SSSR count). The average Bonchev–Trinajstić information content (AvgIpc) is 3.07. The molecule has 0 radical (unpaired) electrons. The van der Waals surface area contributed by atoms with Gasteiger partial charge in [0.2, 0.25) is 5.91 Å². The number of hydrogen-bond acceptors (Lipinski definition) is 3. The van der Waals surface area contributed by atoms with Crippen LogP contribution in [0.25, 0.3) is 0 Å². The number of anilines is 1. The maximum Gasteiger partial charge on any atom is 0.225 e. The number of rotatable bonds is 6. The van der Waals surface area contributed by atoms with Crippen LogP contribution in [0.3, 0.4) is 0 Å². The van der Waals surface area contributed by atoms with E-state index in [1.54, 1.807) is 0 Å². The molecule has 0 aliphatic carbocycles. The lowest BCUT2D eigenvalue weighted by Crippen LogP contribution is -2.45. The molecule has 1 aromatic carbocycles. The molecule has 1 unspecified atom stereocenters. The number of amides is 1. The highest BCUT2D eigenvalue weighted by Crippen LogP contribution is 2.20. The maximum absolute atomic E-state index is 11.9. The highest BCUT2D eigenvalue weighted by atomic mass is 127. The quantitative estimate of drug-likeness (QED) is 0.243. The number of hydrogen-bond donors (Lipinski definition) is 3. The van der Waals surface area contributed by atoms with E-state index in [1.165, 1.54) is 11.3 Å². The molecule has 1 aromatic rings. The lowest BCUT2D eigenvalue weighted by molar-refractivity contribution is -0.128. The molecular formula is C21H36IN5O. The smallest absolute Gasteiger partial charge is 0.225 e. The fourth-order valence-electron chi connectivity index (χ4n) is 2.98. The first-order chi connectivity index (χ1) is 12.8. The number of nitrogens with zero attached hydrogens (tertiary/aromatic N) is 2. The molecule has 1 heterocycles. The molecule has 28 heavy (non-hydrogen) atoms. The third kappa shape index (κ3) is 7.85. The van der Waals surface area contributed by atoms with Crippen molar-refractivity contribution in [2.45, 2.75) is 47.1 Å². The highest BCUT2D eigenvalue weighted by molar-refractivity contribution is 14.0. The van der Waals surface area contributed by atoms with E-state index in [9.17, 15) is 4.79 Å². The minimum Gasteiger partial charge on any atom is -0.369 e. The van der Waals surface area contributed by atoms with E-state index < -0.39 is 0 Å². The summed E-state index contributed by atoms with van der Waals surface area (Å²) < 4.78 is 0. The zero-order valence-corrected chi connectivity index (χ0v) is 20.2. The van der Waals surface area contributed by atoms with E-state index in [0.29, 0.717) is 19.1 Å². The molecule has 1 aliphatic heterocycles. The van der Waals surface area contributed by atoms with Gasteiger partial charge in [0.05, 0.1) is 6.54 Å². The predicted molar refractivity (Wildman–Crippen MR) is 129 cm³/mol. The molecule has 0 bridgehead atoms. The number of guanidine groups is 1. The van der Waals surface area contributed by atoms with Crippen molar-refractivity contribution in [3.8, 4) is 0 Å². The normalized spacial score (nSPS) is 17.1. The maximum atomic E-state index is 11.9. The monoisotopic (exact) mass is 501 g/mol. The number of aliphatic imine (C=N–C) groups is 1. The second kappa shape index (κ2) is 11.5. The minimum absolute atomic E-state index is 0. The van der Waals surface area contributed by atoms with Gasteiger partial charge in [-0.25, -0.2) is 0 Å². The molecule has 6 nitrogen and oxygen atoms in total. The van der Waals surface area contributed by atoms with Crippen LogP contribution in [-0.2, 0) is 4.79 Å². The van der Waals surface area contributed by atoms with Crippen molar-refractivity contribution >= 4 is 41.5 Å². The van der Waals surface area contributed by atoms with Crippen molar-refractivity contribution in [1.82, 2.24) is 16.0 Å². The molecule has 0 aromatic heterocycles. The van der Waals surface area contributed by atoms with Crippen LogP contribution in [0.4, 0.5) is 5.69 Å². The zero-order chi connectivity index (χ0) is 19.9. The van der Waals surface area contributed by atoms with Gasteiger partial charge >= 0.3 is 0 Å². The first-order valence-electron chi connectivity index (χ1n) is 9.94. The van der Waals surface area contributed by atoms with Crippen LogP contribution in [0.5, 0.6) is 0 Å². The van der Waals surface area contributed by atoms with Crippen molar-refractivity contribution in [1.29, 1.82) is 0 Å². The Kier molecular flexibility index (Phi) is 10.1. The molecule has 1 atom stereocenters. The standard InChI is InChI=1S/C21H35N5O.HI/c1-6-22-20(24-13-12-23-19(27)21(3,4)5)25-17-11-14-26(15-17)18-9-7-16(2)8-10-18;/h7-10,17H,6,11-15H2,1-5H3,(H,23,27)(H2,22,24,25);1H. The lowest BCUT2D eigenvalue weighted by atomic mass is 9.96. The summed E-state index contributed by atoms with van der Waals surface area (Å²) >= 11 is 0. The largest absolute Gasteiger partial charge is 0.369 e. The van der Waals surface area contributed by atoms with Gasteiger partial charge < -0.3 is 20.9 Å². The van der Waals surface area contributed by atoms with Gasteiger partial charge in [0.25, 0.3) is 0 Å². The van der Waals surface area contributed by atoms with E-state index in [2.05, 4.69) is 64.0 Å². The Labute approximate surface area is 187 Å². The van der Waals surface area contributed by atoms with Gasteiger partial charge in [0, 0.05) is 43.3 Å². The van der Waals surface area contributed by atoms with Crippen LogP contribution in [0.2, 0.25) is 0 Å². The van der Waals surface area contributed by atoms with Gasteiger partial charge in [-0.15, -0.1) is 24.0 Å². The Balaban J connectivity index is 0.00000392. The van der Waals surface area contributed by atoms with Gasteiger partial charge in [0.1, 0.15) is 0 Å². The first kappa shape index (κ1) is 24.5. The Morgan fingerprint density at radius 2 is 1.89 bits per heavy atom. The number of carbonyl (C=O) groups is 1. The van der Waals surface area contributed by atoms with Crippen LogP contribution in [0, 0.1) is 12.3 Å². The van der Waals surface area contributed by atoms with Crippen molar-refractivity contribution in [3.63, 3.8) is 0 Å². The van der Waals surface area contributed by atoms with E-state index in [0.717, 1.165) is 32.0 Å². The average molecular weight is 501 g/mol. The number of carbonyl (C=O) groups excluding carboxylic acids is 1. The fourth-order valence-corrected chi connectivity index (χ4v) is 2.98. The van der Waals surface area contributed by atoms with Crippen molar-refractivity contribution in [2.24, 2.45) is 10.4 Å². The molecule has 0 saturated carbocycles. The molecule has 1 aliphatic rings. The molecule has 7 heteroatoms. The van der Waals surface area contributed by atoms with Gasteiger partial charge in [-0.05, 0) is 32.4 Å². The van der Waals surface area contributed by atoms with Crippen LogP contribution in [0.15, 0.2) is 29.3 Å². The lowest BCUT2D eigenvalue weighted by Gasteiger charge is -2.21. The molecule has 1 saturated heterocycles. The molecule has 158 valence electrons. The summed E-state index contributed by atoms with van der Waals surface area (Å²) in [6.07, 6.45) is 1.08. The Morgan fingerprint density at radius 3 is 2.50 bits per heavy atom. The summed E-state index contributed by atoms with van der Waals surface area (Å²) in [6.45, 7) is 13.8. The van der Waals surface area contributed by atoms with E-state index in [4.69, 9.17) is 0 Å². The summed E-state index contributed by atoms with van der Waals surface area (Å²) in [5.41, 5.74) is 2.19. The number of halogens is 1. The minimum atomic E-state index is -0.365.